The Morgan fingerprint density at radius 1 is 1.12 bits per heavy atom. The molecule has 0 aromatic heterocycles. The third kappa shape index (κ3) is 6.75. The van der Waals surface area contributed by atoms with Crippen LogP contribution in [0, 0.1) is 0 Å². The van der Waals surface area contributed by atoms with Crippen LogP contribution in [-0.4, -0.2) is 24.8 Å². The van der Waals surface area contributed by atoms with Gasteiger partial charge in [-0.1, -0.05) is 36.4 Å². The monoisotopic (exact) mass is 341 g/mol. The van der Waals surface area contributed by atoms with E-state index in [1.807, 2.05) is 63.2 Å². The molecule has 0 saturated carbocycles. The van der Waals surface area contributed by atoms with Crippen LogP contribution < -0.4 is 16.0 Å². The topological polar surface area (TPSA) is 67.6 Å². The van der Waals surface area contributed by atoms with E-state index in [0.717, 1.165) is 17.9 Å². The number of rotatable bonds is 6. The maximum atomic E-state index is 11.8. The van der Waals surface area contributed by atoms with Crippen molar-refractivity contribution in [3.05, 3.63) is 60.2 Å². The molecule has 2 rings (SSSR count). The van der Waals surface area contributed by atoms with Crippen molar-refractivity contribution < 1.29 is 9.53 Å². The van der Waals surface area contributed by atoms with E-state index in [-0.39, 0.29) is 0 Å². The minimum atomic E-state index is -0.498. The number of carbonyl (C=O) groups excluding carboxylic acids is 1. The predicted octanol–water partition coefficient (Wildman–Crippen LogP) is 3.80. The van der Waals surface area contributed by atoms with Gasteiger partial charge in [0.05, 0.1) is 0 Å². The van der Waals surface area contributed by atoms with Gasteiger partial charge in [0.2, 0.25) is 0 Å². The highest BCUT2D eigenvalue weighted by molar-refractivity contribution is 5.67. The summed E-state index contributed by atoms with van der Waals surface area (Å²) in [6.07, 6.45) is -0.403. The van der Waals surface area contributed by atoms with Crippen LogP contribution in [-0.2, 0) is 11.3 Å². The van der Waals surface area contributed by atoms with Crippen LogP contribution in [0.3, 0.4) is 0 Å². The molecule has 2 aromatic rings. The lowest BCUT2D eigenvalue weighted by Crippen LogP contribution is -2.38. The van der Waals surface area contributed by atoms with E-state index >= 15 is 0 Å². The summed E-state index contributed by atoms with van der Waals surface area (Å²) in [7, 11) is 0. The fourth-order valence-corrected chi connectivity index (χ4v) is 2.43. The van der Waals surface area contributed by atoms with E-state index < -0.39 is 11.7 Å². The number of amides is 1. The van der Waals surface area contributed by atoms with Crippen LogP contribution >= 0.6 is 0 Å². The molecular weight excluding hydrogens is 314 g/mol. The number of hydrogen-bond donors (Lipinski definition) is 2. The van der Waals surface area contributed by atoms with E-state index in [4.69, 9.17) is 10.5 Å². The summed E-state index contributed by atoms with van der Waals surface area (Å²) in [6.45, 7) is 7.41. The second-order valence-electron chi connectivity index (χ2n) is 6.93. The molecule has 25 heavy (non-hydrogen) atoms. The van der Waals surface area contributed by atoms with Gasteiger partial charge in [-0.05, 0) is 44.5 Å². The highest BCUT2D eigenvalue weighted by Crippen LogP contribution is 2.19. The van der Waals surface area contributed by atoms with Gasteiger partial charge in [0.15, 0.2) is 0 Å². The maximum Gasteiger partial charge on any atom is 0.407 e. The molecule has 0 aliphatic rings. The van der Waals surface area contributed by atoms with E-state index in [0.29, 0.717) is 13.1 Å². The molecule has 0 fully saturated rings. The molecule has 0 radical (unpaired) electrons. The van der Waals surface area contributed by atoms with Gasteiger partial charge in [0.25, 0.3) is 0 Å². The molecule has 0 spiro atoms. The zero-order chi connectivity index (χ0) is 18.3. The molecule has 5 heteroatoms. The average Bonchev–Trinajstić information content (AvgIpc) is 2.53. The highest BCUT2D eigenvalue weighted by atomic mass is 16.6. The molecule has 3 N–H and O–H groups in total. The zero-order valence-corrected chi connectivity index (χ0v) is 15.2. The predicted molar refractivity (Wildman–Crippen MR) is 103 cm³/mol. The van der Waals surface area contributed by atoms with Gasteiger partial charge in [-0.15, -0.1) is 0 Å². The van der Waals surface area contributed by atoms with Crippen molar-refractivity contribution in [2.75, 3.05) is 23.7 Å². The van der Waals surface area contributed by atoms with Crippen molar-refractivity contribution in [3.8, 4) is 0 Å². The van der Waals surface area contributed by atoms with Crippen LogP contribution in [0.2, 0.25) is 0 Å². The number of nitrogen functional groups attached to an aromatic ring is 1. The summed E-state index contributed by atoms with van der Waals surface area (Å²) in [4.78, 5) is 14.0. The number of nitrogens with one attached hydrogen (secondary N) is 1. The van der Waals surface area contributed by atoms with E-state index in [1.54, 1.807) is 0 Å². The number of benzene rings is 2. The standard InChI is InChI=1S/C20H27N3O2/c1-20(2,3)25-19(24)22-12-13-23(15-16-8-5-4-6-9-16)18-11-7-10-17(21)14-18/h4-11,14H,12-13,15,21H2,1-3H3,(H,22,24). The van der Waals surface area contributed by atoms with Gasteiger partial charge in [-0.25, -0.2) is 4.79 Å². The normalized spacial score (nSPS) is 11.0. The van der Waals surface area contributed by atoms with Crippen LogP contribution in [0.4, 0.5) is 16.2 Å². The molecule has 0 atom stereocenters. The summed E-state index contributed by atoms with van der Waals surface area (Å²) in [6, 6.07) is 18.0. The first-order valence-electron chi connectivity index (χ1n) is 8.45. The third-order valence-electron chi connectivity index (χ3n) is 3.50. The Bertz CT molecular complexity index is 681. The molecule has 0 bridgehead atoms. The van der Waals surface area contributed by atoms with Crippen molar-refractivity contribution in [2.24, 2.45) is 0 Å². The number of ether oxygens (including phenoxy) is 1. The lowest BCUT2D eigenvalue weighted by atomic mass is 10.2. The Labute approximate surface area is 149 Å². The van der Waals surface area contributed by atoms with Crippen molar-refractivity contribution in [3.63, 3.8) is 0 Å². The number of alkyl carbamates (subject to hydrolysis) is 1. The molecule has 134 valence electrons. The Morgan fingerprint density at radius 2 is 1.84 bits per heavy atom. The van der Waals surface area contributed by atoms with Crippen LogP contribution in [0.25, 0.3) is 0 Å². The van der Waals surface area contributed by atoms with Crippen molar-refractivity contribution in [1.29, 1.82) is 0 Å². The lowest BCUT2D eigenvalue weighted by Gasteiger charge is -2.26. The van der Waals surface area contributed by atoms with Gasteiger partial charge in [-0.2, -0.15) is 0 Å². The molecule has 5 nitrogen and oxygen atoms in total. The van der Waals surface area contributed by atoms with Crippen LogP contribution in [0.1, 0.15) is 26.3 Å². The van der Waals surface area contributed by atoms with Crippen molar-refractivity contribution in [2.45, 2.75) is 32.9 Å². The van der Waals surface area contributed by atoms with Crippen LogP contribution in [0.5, 0.6) is 0 Å². The number of anilines is 2. The quantitative estimate of drug-likeness (QED) is 0.784. The first kappa shape index (κ1) is 18.6. The molecule has 0 saturated heterocycles. The number of nitrogens with two attached hydrogens (primary N) is 1. The minimum absolute atomic E-state index is 0.403. The zero-order valence-electron chi connectivity index (χ0n) is 15.2. The van der Waals surface area contributed by atoms with Gasteiger partial charge in [0.1, 0.15) is 5.60 Å². The van der Waals surface area contributed by atoms with Crippen LogP contribution in [0.15, 0.2) is 54.6 Å². The molecule has 0 aliphatic heterocycles. The molecule has 0 unspecified atom stereocenters. The SMILES string of the molecule is CC(C)(C)OC(=O)NCCN(Cc1ccccc1)c1cccc(N)c1. The highest BCUT2D eigenvalue weighted by Gasteiger charge is 2.16. The Morgan fingerprint density at radius 3 is 2.48 bits per heavy atom. The fourth-order valence-electron chi connectivity index (χ4n) is 2.43. The van der Waals surface area contributed by atoms with E-state index in [1.165, 1.54) is 5.56 Å². The van der Waals surface area contributed by atoms with Gasteiger partial charge in [0, 0.05) is 31.0 Å². The summed E-state index contributed by atoms with van der Waals surface area (Å²) < 4.78 is 5.27. The van der Waals surface area contributed by atoms with Gasteiger partial charge >= 0.3 is 6.09 Å². The Balaban J connectivity index is 2.01. The number of carbonyl (C=O) groups is 1. The number of hydrogen-bond acceptors (Lipinski definition) is 4. The minimum Gasteiger partial charge on any atom is -0.444 e. The largest absolute Gasteiger partial charge is 0.444 e. The second kappa shape index (κ2) is 8.42. The van der Waals surface area contributed by atoms with Gasteiger partial charge in [-0.3, -0.25) is 0 Å². The van der Waals surface area contributed by atoms with E-state index in [2.05, 4.69) is 22.3 Å². The fraction of sp³-hybridized carbons (Fsp3) is 0.350. The first-order chi connectivity index (χ1) is 11.8. The van der Waals surface area contributed by atoms with Crippen molar-refractivity contribution in [1.82, 2.24) is 5.32 Å². The lowest BCUT2D eigenvalue weighted by molar-refractivity contribution is 0.0529. The Hall–Kier alpha value is -2.69. The Kier molecular flexibility index (Phi) is 6.28. The summed E-state index contributed by atoms with van der Waals surface area (Å²) >= 11 is 0. The maximum absolute atomic E-state index is 11.8. The summed E-state index contributed by atoms with van der Waals surface area (Å²) in [5.41, 5.74) is 8.36. The second-order valence-corrected chi connectivity index (χ2v) is 6.93. The molecule has 0 aliphatic carbocycles. The average molecular weight is 341 g/mol. The smallest absolute Gasteiger partial charge is 0.407 e. The molecule has 1 amide bonds. The molecule has 2 aromatic carbocycles. The summed E-state index contributed by atoms with van der Waals surface area (Å²) in [5, 5.41) is 2.81. The van der Waals surface area contributed by atoms with Crippen molar-refractivity contribution >= 4 is 17.5 Å². The first-order valence-corrected chi connectivity index (χ1v) is 8.45. The summed E-state index contributed by atoms with van der Waals surface area (Å²) in [5.74, 6) is 0. The number of nitrogens with zero attached hydrogens (tertiary/aromatic N) is 1. The molecule has 0 heterocycles. The van der Waals surface area contributed by atoms with Gasteiger partial charge < -0.3 is 20.7 Å². The van der Waals surface area contributed by atoms with E-state index in [9.17, 15) is 4.79 Å². The molecular formula is C20H27N3O2. The third-order valence-corrected chi connectivity index (χ3v) is 3.50.